The van der Waals surface area contributed by atoms with Gasteiger partial charge in [0.15, 0.2) is 0 Å². The second-order valence-electron chi connectivity index (χ2n) is 5.71. The maximum atomic E-state index is 12.3. The van der Waals surface area contributed by atoms with Crippen LogP contribution in [0.2, 0.25) is 0 Å². The van der Waals surface area contributed by atoms with Crippen LogP contribution in [0.25, 0.3) is 0 Å². The van der Waals surface area contributed by atoms with E-state index in [-0.39, 0.29) is 11.9 Å². The Labute approximate surface area is 114 Å². The molecule has 1 aromatic carbocycles. The minimum atomic E-state index is -0.161. The van der Waals surface area contributed by atoms with Crippen molar-refractivity contribution in [2.45, 2.75) is 38.1 Å². The van der Waals surface area contributed by atoms with E-state index < -0.39 is 0 Å². The van der Waals surface area contributed by atoms with Gasteiger partial charge in [0.05, 0.1) is 0 Å². The molecule has 0 aromatic heterocycles. The van der Waals surface area contributed by atoms with Crippen LogP contribution in [0.5, 0.6) is 0 Å². The molecular weight excluding hydrogens is 236 g/mol. The van der Waals surface area contributed by atoms with Crippen molar-refractivity contribution in [3.63, 3.8) is 0 Å². The Balaban J connectivity index is 1.57. The van der Waals surface area contributed by atoms with E-state index >= 15 is 0 Å². The van der Waals surface area contributed by atoms with Gasteiger partial charge in [-0.3, -0.25) is 4.79 Å². The van der Waals surface area contributed by atoms with E-state index in [1.807, 2.05) is 6.07 Å². The van der Waals surface area contributed by atoms with E-state index in [0.29, 0.717) is 0 Å². The summed E-state index contributed by atoms with van der Waals surface area (Å²) in [5.41, 5.74) is 2.45. The van der Waals surface area contributed by atoms with Gasteiger partial charge in [0, 0.05) is 13.1 Å². The summed E-state index contributed by atoms with van der Waals surface area (Å²) in [6.45, 7) is 1.71. The second-order valence-corrected chi connectivity index (χ2v) is 5.71. The third kappa shape index (κ3) is 2.81. The summed E-state index contributed by atoms with van der Waals surface area (Å²) in [5, 5.41) is 6.42. The monoisotopic (exact) mass is 258 g/mol. The number of rotatable bonds is 4. The van der Waals surface area contributed by atoms with Gasteiger partial charge in [-0.2, -0.15) is 0 Å². The highest BCUT2D eigenvalue weighted by Crippen LogP contribution is 2.29. The highest BCUT2D eigenvalue weighted by molar-refractivity contribution is 5.83. The van der Waals surface area contributed by atoms with Gasteiger partial charge >= 0.3 is 0 Å². The molecule has 1 aliphatic heterocycles. The second kappa shape index (κ2) is 5.74. The van der Waals surface area contributed by atoms with Crippen molar-refractivity contribution in [1.82, 2.24) is 10.6 Å². The van der Waals surface area contributed by atoms with E-state index in [9.17, 15) is 4.79 Å². The number of hydrogen-bond acceptors (Lipinski definition) is 2. The molecule has 19 heavy (non-hydrogen) atoms. The fraction of sp³-hybridized carbons (Fsp3) is 0.562. The predicted molar refractivity (Wildman–Crippen MR) is 75.9 cm³/mol. The summed E-state index contributed by atoms with van der Waals surface area (Å²) in [6, 6.07) is 8.10. The number of fused-ring (bicyclic) bond motifs is 1. The molecular formula is C16H22N2O. The molecule has 3 rings (SSSR count). The molecule has 102 valence electrons. The van der Waals surface area contributed by atoms with Crippen LogP contribution in [-0.4, -0.2) is 19.0 Å². The molecule has 1 saturated carbocycles. The zero-order chi connectivity index (χ0) is 13.1. The van der Waals surface area contributed by atoms with Crippen molar-refractivity contribution in [3.05, 3.63) is 35.4 Å². The number of nitrogens with one attached hydrogen (secondary N) is 2. The van der Waals surface area contributed by atoms with Gasteiger partial charge in [-0.25, -0.2) is 0 Å². The molecule has 3 nitrogen and oxygen atoms in total. The van der Waals surface area contributed by atoms with Crippen molar-refractivity contribution in [3.8, 4) is 0 Å². The fourth-order valence-corrected chi connectivity index (χ4v) is 3.02. The van der Waals surface area contributed by atoms with Crippen LogP contribution >= 0.6 is 0 Å². The van der Waals surface area contributed by atoms with Gasteiger partial charge in [0.1, 0.15) is 6.04 Å². The quantitative estimate of drug-likeness (QED) is 0.869. The van der Waals surface area contributed by atoms with Crippen molar-refractivity contribution < 1.29 is 4.79 Å². The molecule has 1 atom stereocenters. The number of hydrogen-bond donors (Lipinski definition) is 2. The van der Waals surface area contributed by atoms with Crippen LogP contribution in [0.15, 0.2) is 24.3 Å². The molecule has 2 aliphatic rings. The van der Waals surface area contributed by atoms with Crippen LogP contribution in [-0.2, 0) is 11.2 Å². The molecule has 1 unspecified atom stereocenters. The molecule has 2 N–H and O–H groups in total. The number of amides is 1. The average Bonchev–Trinajstić information content (AvgIpc) is 2.40. The van der Waals surface area contributed by atoms with Crippen LogP contribution in [0.3, 0.4) is 0 Å². The number of benzene rings is 1. The molecule has 3 heteroatoms. The Morgan fingerprint density at radius 3 is 2.95 bits per heavy atom. The van der Waals surface area contributed by atoms with E-state index in [1.165, 1.54) is 24.8 Å². The Bertz CT molecular complexity index is 454. The molecule has 0 spiro atoms. The SMILES string of the molecule is O=C(NCCC1CCC1)C1NCCc2ccccc21. The molecule has 1 aromatic rings. The minimum absolute atomic E-state index is 0.131. The molecule has 1 aliphatic carbocycles. The molecule has 0 saturated heterocycles. The lowest BCUT2D eigenvalue weighted by Gasteiger charge is -2.28. The van der Waals surface area contributed by atoms with Crippen LogP contribution in [0.4, 0.5) is 0 Å². The van der Waals surface area contributed by atoms with Gasteiger partial charge in [-0.1, -0.05) is 43.5 Å². The summed E-state index contributed by atoms with van der Waals surface area (Å²) >= 11 is 0. The third-order valence-corrected chi connectivity index (χ3v) is 4.45. The summed E-state index contributed by atoms with van der Waals surface area (Å²) in [4.78, 5) is 12.3. The van der Waals surface area contributed by atoms with Crippen molar-refractivity contribution in [2.75, 3.05) is 13.1 Å². The number of carbonyl (C=O) groups excluding carboxylic acids is 1. The molecule has 1 heterocycles. The van der Waals surface area contributed by atoms with Crippen molar-refractivity contribution in [1.29, 1.82) is 0 Å². The lowest BCUT2D eigenvalue weighted by atomic mass is 9.83. The first-order valence-electron chi connectivity index (χ1n) is 7.43. The third-order valence-electron chi connectivity index (χ3n) is 4.45. The van der Waals surface area contributed by atoms with E-state index in [0.717, 1.165) is 37.4 Å². The Morgan fingerprint density at radius 2 is 2.16 bits per heavy atom. The molecule has 1 amide bonds. The van der Waals surface area contributed by atoms with Gasteiger partial charge in [-0.05, 0) is 29.9 Å². The highest BCUT2D eigenvalue weighted by Gasteiger charge is 2.25. The first kappa shape index (κ1) is 12.7. The summed E-state index contributed by atoms with van der Waals surface area (Å²) in [5.74, 6) is 0.985. The standard InChI is InChI=1S/C16H22N2O/c19-16(18-10-8-12-4-3-5-12)15-14-7-2-1-6-13(14)9-11-17-15/h1-2,6-7,12,15,17H,3-5,8-11H2,(H,18,19). The first-order valence-corrected chi connectivity index (χ1v) is 7.43. The molecule has 0 radical (unpaired) electrons. The minimum Gasteiger partial charge on any atom is -0.354 e. The Hall–Kier alpha value is -1.35. The van der Waals surface area contributed by atoms with Gasteiger partial charge in [0.25, 0.3) is 0 Å². The molecule has 0 bridgehead atoms. The first-order chi connectivity index (χ1) is 9.34. The Morgan fingerprint density at radius 1 is 1.32 bits per heavy atom. The van der Waals surface area contributed by atoms with Gasteiger partial charge < -0.3 is 10.6 Å². The van der Waals surface area contributed by atoms with Gasteiger partial charge in [-0.15, -0.1) is 0 Å². The topological polar surface area (TPSA) is 41.1 Å². The smallest absolute Gasteiger partial charge is 0.241 e. The average molecular weight is 258 g/mol. The summed E-state index contributed by atoms with van der Waals surface area (Å²) in [7, 11) is 0. The van der Waals surface area contributed by atoms with Crippen LogP contribution in [0, 0.1) is 5.92 Å². The van der Waals surface area contributed by atoms with Crippen molar-refractivity contribution >= 4 is 5.91 Å². The predicted octanol–water partition coefficient (Wildman–Crippen LogP) is 2.18. The maximum Gasteiger partial charge on any atom is 0.241 e. The summed E-state index contributed by atoms with van der Waals surface area (Å²) < 4.78 is 0. The van der Waals surface area contributed by atoms with Crippen molar-refractivity contribution in [2.24, 2.45) is 5.92 Å². The number of carbonyl (C=O) groups is 1. The van der Waals surface area contributed by atoms with E-state index in [1.54, 1.807) is 0 Å². The van der Waals surface area contributed by atoms with E-state index in [4.69, 9.17) is 0 Å². The normalized spacial score (nSPS) is 22.4. The zero-order valence-corrected chi connectivity index (χ0v) is 11.3. The zero-order valence-electron chi connectivity index (χ0n) is 11.3. The summed E-state index contributed by atoms with van der Waals surface area (Å²) in [6.07, 6.45) is 6.22. The van der Waals surface area contributed by atoms with Crippen LogP contribution in [0.1, 0.15) is 42.9 Å². The largest absolute Gasteiger partial charge is 0.354 e. The molecule has 1 fully saturated rings. The fourth-order valence-electron chi connectivity index (χ4n) is 3.02. The van der Waals surface area contributed by atoms with E-state index in [2.05, 4.69) is 28.8 Å². The van der Waals surface area contributed by atoms with Gasteiger partial charge in [0.2, 0.25) is 5.91 Å². The highest BCUT2D eigenvalue weighted by atomic mass is 16.2. The lowest BCUT2D eigenvalue weighted by molar-refractivity contribution is -0.123. The Kier molecular flexibility index (Phi) is 3.83. The maximum absolute atomic E-state index is 12.3. The lowest BCUT2D eigenvalue weighted by Crippen LogP contribution is -2.42. The van der Waals surface area contributed by atoms with Crippen LogP contribution < -0.4 is 10.6 Å².